The van der Waals surface area contributed by atoms with Crippen molar-refractivity contribution in [2.45, 2.75) is 6.54 Å². The van der Waals surface area contributed by atoms with Crippen LogP contribution >= 0.6 is 0 Å². The molecule has 28 heavy (non-hydrogen) atoms. The Morgan fingerprint density at radius 1 is 1.00 bits per heavy atom. The highest BCUT2D eigenvalue weighted by Gasteiger charge is 2.23. The molecule has 3 aromatic rings. The molecule has 0 spiro atoms. The van der Waals surface area contributed by atoms with E-state index in [2.05, 4.69) is 0 Å². The highest BCUT2D eigenvalue weighted by molar-refractivity contribution is 5.95. The van der Waals surface area contributed by atoms with E-state index in [4.69, 9.17) is 24.7 Å². The molecule has 0 aliphatic carbocycles. The molecule has 0 atom stereocenters. The van der Waals surface area contributed by atoms with Gasteiger partial charge in [0.05, 0.1) is 7.05 Å². The number of nitrogens with zero attached hydrogens (tertiary/aromatic N) is 2. The maximum atomic E-state index is 12.8. The van der Waals surface area contributed by atoms with Gasteiger partial charge in [-0.25, -0.2) is 9.13 Å². The third kappa shape index (κ3) is 2.61. The summed E-state index contributed by atoms with van der Waals surface area (Å²) in [6, 6.07) is 10.9. The molecule has 0 radical (unpaired) electrons. The molecule has 0 saturated carbocycles. The zero-order valence-corrected chi connectivity index (χ0v) is 15.2. The van der Waals surface area contributed by atoms with Crippen molar-refractivity contribution in [1.29, 1.82) is 0 Å². The topological polar surface area (TPSA) is 88.8 Å². The fraction of sp³-hybridized carbons (Fsp3) is 0.200. The molecule has 0 saturated heterocycles. The SMILES string of the molecule is Cn1c(-c2ccc3c(c2)OCO3)c[n+](CC(=O)c2ccc3c(c2)OCO3)c1N. The molecule has 2 aliphatic rings. The molecular formula is C20H18N3O5+. The second-order valence-electron chi connectivity index (χ2n) is 6.62. The van der Waals surface area contributed by atoms with Gasteiger partial charge in [0, 0.05) is 11.1 Å². The van der Waals surface area contributed by atoms with Crippen LogP contribution in [0.2, 0.25) is 0 Å². The second-order valence-corrected chi connectivity index (χ2v) is 6.62. The van der Waals surface area contributed by atoms with E-state index in [1.165, 1.54) is 0 Å². The summed E-state index contributed by atoms with van der Waals surface area (Å²) >= 11 is 0. The van der Waals surface area contributed by atoms with Crippen LogP contribution in [0.3, 0.4) is 0 Å². The maximum Gasteiger partial charge on any atom is 0.355 e. The van der Waals surface area contributed by atoms with E-state index < -0.39 is 0 Å². The number of ketones is 1. The van der Waals surface area contributed by atoms with Crippen molar-refractivity contribution >= 4 is 11.7 Å². The smallest absolute Gasteiger partial charge is 0.355 e. The average molecular weight is 380 g/mol. The van der Waals surface area contributed by atoms with E-state index >= 15 is 0 Å². The molecule has 0 unspecified atom stereocenters. The lowest BCUT2D eigenvalue weighted by molar-refractivity contribution is -0.667. The van der Waals surface area contributed by atoms with Crippen molar-refractivity contribution in [3.63, 3.8) is 0 Å². The van der Waals surface area contributed by atoms with Gasteiger partial charge in [0.25, 0.3) is 0 Å². The summed E-state index contributed by atoms with van der Waals surface area (Å²) in [4.78, 5) is 12.8. The summed E-state index contributed by atoms with van der Waals surface area (Å²) < 4.78 is 25.0. The summed E-state index contributed by atoms with van der Waals surface area (Å²) in [6.07, 6.45) is 1.86. The van der Waals surface area contributed by atoms with Gasteiger partial charge in [-0.05, 0) is 36.4 Å². The fourth-order valence-electron chi connectivity index (χ4n) is 3.38. The highest BCUT2D eigenvalue weighted by atomic mass is 16.7. The maximum absolute atomic E-state index is 12.8. The predicted octanol–water partition coefficient (Wildman–Crippen LogP) is 1.90. The van der Waals surface area contributed by atoms with Crippen LogP contribution in [0.5, 0.6) is 23.0 Å². The molecule has 0 bridgehead atoms. The number of ether oxygens (including phenoxy) is 4. The van der Waals surface area contributed by atoms with Gasteiger partial charge in [0.15, 0.2) is 28.8 Å². The van der Waals surface area contributed by atoms with Crippen molar-refractivity contribution in [3.05, 3.63) is 48.2 Å². The van der Waals surface area contributed by atoms with Crippen LogP contribution in [-0.2, 0) is 13.6 Å². The van der Waals surface area contributed by atoms with E-state index in [-0.39, 0.29) is 25.9 Å². The Morgan fingerprint density at radius 3 is 2.39 bits per heavy atom. The number of nitrogen functional groups attached to an aromatic ring is 1. The lowest BCUT2D eigenvalue weighted by atomic mass is 10.1. The number of Topliss-reactive ketones (excluding diaryl/α,β-unsaturated/α-hetero) is 1. The molecule has 2 N–H and O–H groups in total. The quantitative estimate of drug-likeness (QED) is 0.549. The van der Waals surface area contributed by atoms with Crippen molar-refractivity contribution < 1.29 is 28.3 Å². The Balaban J connectivity index is 1.43. The molecule has 0 amide bonds. The minimum atomic E-state index is -0.0714. The first-order valence-electron chi connectivity index (χ1n) is 8.77. The third-order valence-electron chi connectivity index (χ3n) is 4.95. The zero-order chi connectivity index (χ0) is 19.3. The minimum Gasteiger partial charge on any atom is -0.454 e. The molecule has 2 aromatic carbocycles. The fourth-order valence-corrected chi connectivity index (χ4v) is 3.38. The summed E-state index contributed by atoms with van der Waals surface area (Å²) in [5, 5.41) is 0. The van der Waals surface area contributed by atoms with Crippen molar-refractivity contribution in [2.24, 2.45) is 7.05 Å². The number of anilines is 1. The number of fused-ring (bicyclic) bond motifs is 2. The Kier molecular flexibility index (Phi) is 3.65. The average Bonchev–Trinajstić information content (AvgIpc) is 3.42. The molecular weight excluding hydrogens is 362 g/mol. The lowest BCUT2D eigenvalue weighted by Crippen LogP contribution is -2.39. The van der Waals surface area contributed by atoms with Gasteiger partial charge < -0.3 is 18.9 Å². The van der Waals surface area contributed by atoms with Gasteiger partial charge in [0.1, 0.15) is 18.4 Å². The van der Waals surface area contributed by atoms with Crippen LogP contribution in [-0.4, -0.2) is 23.9 Å². The molecule has 5 rings (SSSR count). The van der Waals surface area contributed by atoms with Crippen LogP contribution < -0.4 is 29.2 Å². The zero-order valence-electron chi connectivity index (χ0n) is 15.2. The molecule has 8 nitrogen and oxygen atoms in total. The van der Waals surface area contributed by atoms with E-state index in [1.54, 1.807) is 22.8 Å². The Bertz CT molecular complexity index is 1110. The molecule has 3 heterocycles. The second kappa shape index (κ2) is 6.19. The first-order chi connectivity index (χ1) is 13.6. The number of imidazole rings is 1. The highest BCUT2D eigenvalue weighted by Crippen LogP contribution is 2.36. The summed E-state index contributed by atoms with van der Waals surface area (Å²) in [5.74, 6) is 3.04. The number of rotatable bonds is 4. The normalized spacial score (nSPS) is 13.8. The Hall–Kier alpha value is -3.68. The standard InChI is InChI=1S/C20H17N3O5/c1-22-14(12-2-4-16-18(6-12)27-10-25-16)8-23(20(22)21)9-15(24)13-3-5-17-19(7-13)28-11-26-17/h2-8,21H,9-11H2,1H3/p+1. The van der Waals surface area contributed by atoms with Crippen molar-refractivity contribution in [1.82, 2.24) is 4.57 Å². The van der Waals surface area contributed by atoms with E-state index in [9.17, 15) is 4.79 Å². The lowest BCUT2D eigenvalue weighted by Gasteiger charge is -2.02. The molecule has 2 aliphatic heterocycles. The largest absolute Gasteiger partial charge is 0.454 e. The van der Waals surface area contributed by atoms with E-state index in [0.717, 1.165) is 17.0 Å². The summed E-state index contributed by atoms with van der Waals surface area (Å²) in [5.41, 5.74) is 8.58. The van der Waals surface area contributed by atoms with Gasteiger partial charge in [-0.1, -0.05) is 0 Å². The first kappa shape index (κ1) is 16.5. The number of carbonyl (C=O) groups is 1. The van der Waals surface area contributed by atoms with Gasteiger partial charge in [0.2, 0.25) is 13.6 Å². The Labute approximate surface area is 160 Å². The number of carbonyl (C=O) groups excluding carboxylic acids is 1. The van der Waals surface area contributed by atoms with Crippen LogP contribution in [0, 0.1) is 0 Å². The van der Waals surface area contributed by atoms with Gasteiger partial charge in [-0.15, -0.1) is 0 Å². The number of aromatic nitrogens is 2. The van der Waals surface area contributed by atoms with Crippen molar-refractivity contribution in [3.8, 4) is 34.3 Å². The molecule has 1 aromatic heterocycles. The number of benzene rings is 2. The van der Waals surface area contributed by atoms with E-state index in [1.807, 2.05) is 36.0 Å². The van der Waals surface area contributed by atoms with Crippen LogP contribution in [0.1, 0.15) is 10.4 Å². The van der Waals surface area contributed by atoms with E-state index in [0.29, 0.717) is 28.8 Å². The van der Waals surface area contributed by atoms with Crippen LogP contribution in [0.15, 0.2) is 42.6 Å². The van der Waals surface area contributed by atoms with Crippen LogP contribution in [0.25, 0.3) is 11.3 Å². The number of nitrogens with two attached hydrogens (primary N) is 1. The minimum absolute atomic E-state index is 0.0714. The summed E-state index contributed by atoms with van der Waals surface area (Å²) in [7, 11) is 1.86. The molecule has 142 valence electrons. The molecule has 0 fully saturated rings. The first-order valence-corrected chi connectivity index (χ1v) is 8.77. The van der Waals surface area contributed by atoms with Gasteiger partial charge >= 0.3 is 5.95 Å². The number of hydrogen-bond acceptors (Lipinski definition) is 6. The van der Waals surface area contributed by atoms with Gasteiger partial charge in [-0.2, -0.15) is 0 Å². The third-order valence-corrected chi connectivity index (χ3v) is 4.95. The number of hydrogen-bond donors (Lipinski definition) is 1. The monoisotopic (exact) mass is 380 g/mol. The molecule has 8 heteroatoms. The van der Waals surface area contributed by atoms with Crippen molar-refractivity contribution in [2.75, 3.05) is 19.3 Å². The predicted molar refractivity (Wildman–Crippen MR) is 98.5 cm³/mol. The van der Waals surface area contributed by atoms with Gasteiger partial charge in [-0.3, -0.25) is 10.5 Å². The Morgan fingerprint density at radius 2 is 1.64 bits per heavy atom. The summed E-state index contributed by atoms with van der Waals surface area (Å²) in [6.45, 7) is 0.508. The van der Waals surface area contributed by atoms with Crippen LogP contribution in [0.4, 0.5) is 5.95 Å².